The second-order valence-electron chi connectivity index (χ2n) is 7.02. The van der Waals surface area contributed by atoms with Crippen LogP contribution >= 0.6 is 0 Å². The summed E-state index contributed by atoms with van der Waals surface area (Å²) < 4.78 is 19.8. The molecule has 0 spiro atoms. The van der Waals surface area contributed by atoms with E-state index in [2.05, 4.69) is 21.9 Å². The minimum Gasteiger partial charge on any atom is -0.459 e. The number of aromatic amines is 1. The Morgan fingerprint density at radius 1 is 1.28 bits per heavy atom. The number of nitrogens with zero attached hydrogens (tertiary/aromatic N) is 1. The van der Waals surface area contributed by atoms with Crippen molar-refractivity contribution in [1.29, 1.82) is 0 Å². The van der Waals surface area contributed by atoms with E-state index in [1.165, 1.54) is 12.3 Å². The molecule has 0 fully saturated rings. The monoisotopic (exact) mass is 395 g/mol. The van der Waals surface area contributed by atoms with Crippen LogP contribution in [0, 0.1) is 19.7 Å². The van der Waals surface area contributed by atoms with Gasteiger partial charge >= 0.3 is 5.97 Å². The van der Waals surface area contributed by atoms with Gasteiger partial charge in [0, 0.05) is 34.1 Å². The highest BCUT2D eigenvalue weighted by Crippen LogP contribution is 2.35. The average Bonchev–Trinajstić information content (AvgIpc) is 2.99. The van der Waals surface area contributed by atoms with Crippen molar-refractivity contribution in [2.75, 3.05) is 5.32 Å². The molecule has 0 bridgehead atoms. The van der Waals surface area contributed by atoms with E-state index in [1.807, 2.05) is 6.92 Å². The summed E-state index contributed by atoms with van der Waals surface area (Å²) in [7, 11) is 0. The molecule has 29 heavy (non-hydrogen) atoms. The van der Waals surface area contributed by atoms with Gasteiger partial charge in [-0.1, -0.05) is 6.58 Å². The zero-order valence-corrected chi connectivity index (χ0v) is 16.7. The molecule has 0 unspecified atom stereocenters. The lowest BCUT2D eigenvalue weighted by molar-refractivity contribution is -0.111. The fourth-order valence-electron chi connectivity index (χ4n) is 3.10. The van der Waals surface area contributed by atoms with Crippen LogP contribution in [0.15, 0.2) is 37.1 Å². The number of hydrogen-bond acceptors (Lipinski definition) is 4. The van der Waals surface area contributed by atoms with Crippen molar-refractivity contribution in [2.45, 2.75) is 33.8 Å². The number of esters is 1. The molecule has 0 radical (unpaired) electrons. The number of halogens is 1. The van der Waals surface area contributed by atoms with Crippen molar-refractivity contribution < 1.29 is 18.7 Å². The molecule has 3 aromatic rings. The zero-order valence-electron chi connectivity index (χ0n) is 16.7. The highest BCUT2D eigenvalue weighted by Gasteiger charge is 2.18. The van der Waals surface area contributed by atoms with E-state index >= 15 is 0 Å². The Labute approximate surface area is 167 Å². The van der Waals surface area contributed by atoms with Gasteiger partial charge in [-0.05, 0) is 57.5 Å². The van der Waals surface area contributed by atoms with Gasteiger partial charge in [-0.2, -0.15) is 0 Å². The summed E-state index contributed by atoms with van der Waals surface area (Å²) in [6.45, 7) is 10.4. The summed E-state index contributed by atoms with van der Waals surface area (Å²) in [5, 5.41) is 3.28. The quantitative estimate of drug-likeness (QED) is 0.485. The zero-order chi connectivity index (χ0) is 21.3. The Bertz CT molecular complexity index is 1130. The molecule has 1 amide bonds. The Morgan fingerprint density at radius 3 is 2.66 bits per heavy atom. The molecule has 0 aliphatic carbocycles. The summed E-state index contributed by atoms with van der Waals surface area (Å²) in [6, 6.07) is 4.76. The van der Waals surface area contributed by atoms with Crippen LogP contribution in [-0.2, 0) is 9.53 Å². The number of ether oxygens (including phenoxy) is 1. The fourth-order valence-corrected chi connectivity index (χ4v) is 3.10. The van der Waals surface area contributed by atoms with Gasteiger partial charge in [0.2, 0.25) is 5.91 Å². The van der Waals surface area contributed by atoms with Crippen LogP contribution < -0.4 is 5.32 Å². The topological polar surface area (TPSA) is 84.1 Å². The normalized spacial score (nSPS) is 11.0. The second-order valence-corrected chi connectivity index (χ2v) is 7.02. The number of H-pyrrole nitrogens is 1. The third kappa shape index (κ3) is 4.03. The van der Waals surface area contributed by atoms with E-state index < -0.39 is 17.7 Å². The largest absolute Gasteiger partial charge is 0.459 e. The molecule has 7 heteroatoms. The molecule has 2 aromatic heterocycles. The van der Waals surface area contributed by atoms with E-state index in [0.29, 0.717) is 39.0 Å². The van der Waals surface area contributed by atoms with E-state index in [9.17, 15) is 14.0 Å². The van der Waals surface area contributed by atoms with Crippen LogP contribution in [0.25, 0.3) is 22.2 Å². The number of anilines is 1. The van der Waals surface area contributed by atoms with Crippen LogP contribution in [0.2, 0.25) is 0 Å². The number of fused-ring (bicyclic) bond motifs is 1. The molecule has 0 atom stereocenters. The number of aromatic nitrogens is 2. The van der Waals surface area contributed by atoms with Crippen molar-refractivity contribution in [3.05, 3.63) is 59.7 Å². The summed E-state index contributed by atoms with van der Waals surface area (Å²) >= 11 is 0. The van der Waals surface area contributed by atoms with Crippen molar-refractivity contribution in [3.8, 4) is 11.1 Å². The fraction of sp³-hybridized carbons (Fsp3) is 0.227. The number of hydrogen-bond donors (Lipinski definition) is 2. The second kappa shape index (κ2) is 7.87. The Hall–Kier alpha value is -3.48. The molecule has 6 nitrogen and oxygen atoms in total. The van der Waals surface area contributed by atoms with Gasteiger partial charge in [-0.3, -0.25) is 4.79 Å². The minimum absolute atomic E-state index is 0.257. The predicted molar refractivity (Wildman–Crippen MR) is 110 cm³/mol. The number of carbonyl (C=O) groups is 2. The number of benzene rings is 1. The molecular weight excluding hydrogens is 373 g/mol. The molecule has 150 valence electrons. The van der Waals surface area contributed by atoms with Gasteiger partial charge in [-0.15, -0.1) is 0 Å². The maximum Gasteiger partial charge on any atom is 0.339 e. The average molecular weight is 395 g/mol. The highest BCUT2D eigenvalue weighted by molar-refractivity contribution is 6.02. The first-order valence-corrected chi connectivity index (χ1v) is 9.14. The molecule has 0 saturated carbocycles. The summed E-state index contributed by atoms with van der Waals surface area (Å²) in [5.41, 5.74) is 3.54. The van der Waals surface area contributed by atoms with Crippen molar-refractivity contribution in [1.82, 2.24) is 9.97 Å². The van der Waals surface area contributed by atoms with Crippen LogP contribution in [0.3, 0.4) is 0 Å². The van der Waals surface area contributed by atoms with Crippen molar-refractivity contribution in [2.24, 2.45) is 0 Å². The first-order valence-electron chi connectivity index (χ1n) is 9.14. The number of amides is 1. The van der Waals surface area contributed by atoms with E-state index in [4.69, 9.17) is 4.74 Å². The molecule has 0 aliphatic heterocycles. The molecule has 1 aromatic carbocycles. The van der Waals surface area contributed by atoms with Crippen molar-refractivity contribution in [3.63, 3.8) is 0 Å². The lowest BCUT2D eigenvalue weighted by Gasteiger charge is -2.12. The summed E-state index contributed by atoms with van der Waals surface area (Å²) in [6.07, 6.45) is 2.31. The van der Waals surface area contributed by atoms with Gasteiger partial charge in [0.25, 0.3) is 0 Å². The maximum absolute atomic E-state index is 14.6. The van der Waals surface area contributed by atoms with Gasteiger partial charge in [-0.25, -0.2) is 14.2 Å². The Kier molecular flexibility index (Phi) is 5.50. The van der Waals surface area contributed by atoms with Crippen molar-refractivity contribution >= 4 is 28.6 Å². The molecule has 0 aliphatic rings. The predicted octanol–water partition coefficient (Wildman–Crippen LogP) is 4.68. The maximum atomic E-state index is 14.6. The molecule has 3 rings (SSSR count). The van der Waals surface area contributed by atoms with E-state index in [1.54, 1.807) is 32.9 Å². The molecule has 2 N–H and O–H groups in total. The van der Waals surface area contributed by atoms with E-state index in [-0.39, 0.29) is 6.10 Å². The number of rotatable bonds is 5. The summed E-state index contributed by atoms with van der Waals surface area (Å²) in [4.78, 5) is 31.4. The molecule has 2 heterocycles. The standard InChI is InChI=1S/C22H22FN3O3/c1-6-19(27)26-18-9-14(8-17(23)12(18)4)20-13(5)25-21-16(20)7-15(10-24-21)22(28)29-11(2)3/h6-11H,1H2,2-5H3,(H,24,25)(H,26,27). The van der Waals surface area contributed by atoms with Gasteiger partial charge in [0.1, 0.15) is 11.5 Å². The van der Waals surface area contributed by atoms with E-state index in [0.717, 1.165) is 11.8 Å². The third-order valence-electron chi connectivity index (χ3n) is 4.49. The first-order chi connectivity index (χ1) is 13.7. The minimum atomic E-state index is -0.478. The smallest absolute Gasteiger partial charge is 0.339 e. The molecular formula is C22H22FN3O3. The van der Waals surface area contributed by atoms with Crippen LogP contribution in [0.4, 0.5) is 10.1 Å². The number of carbonyl (C=O) groups excluding carboxylic acids is 2. The van der Waals surface area contributed by atoms with Gasteiger partial charge < -0.3 is 15.0 Å². The van der Waals surface area contributed by atoms with Crippen LogP contribution in [0.1, 0.15) is 35.5 Å². The first kappa shape index (κ1) is 20.3. The number of aryl methyl sites for hydroxylation is 1. The number of nitrogens with one attached hydrogen (secondary N) is 2. The summed E-state index contributed by atoms with van der Waals surface area (Å²) in [5.74, 6) is -1.37. The van der Waals surface area contributed by atoms with Crippen LogP contribution in [-0.4, -0.2) is 27.9 Å². The third-order valence-corrected chi connectivity index (χ3v) is 4.49. The lowest BCUT2D eigenvalue weighted by Crippen LogP contribution is -2.11. The Balaban J connectivity index is 2.16. The Morgan fingerprint density at radius 2 is 2.00 bits per heavy atom. The van der Waals surface area contributed by atoms with Gasteiger partial charge in [0.05, 0.1) is 11.7 Å². The number of pyridine rings is 1. The highest BCUT2D eigenvalue weighted by atomic mass is 19.1. The van der Waals surface area contributed by atoms with Crippen LogP contribution in [0.5, 0.6) is 0 Å². The lowest BCUT2D eigenvalue weighted by atomic mass is 9.99. The van der Waals surface area contributed by atoms with Gasteiger partial charge in [0.15, 0.2) is 0 Å². The SMILES string of the molecule is C=CC(=O)Nc1cc(-c2c(C)[nH]c3ncc(C(=O)OC(C)C)cc23)cc(F)c1C. The molecule has 0 saturated heterocycles.